The Labute approximate surface area is 95.2 Å². The van der Waals surface area contributed by atoms with Crippen LogP contribution in [-0.2, 0) is 9.63 Å². The van der Waals surface area contributed by atoms with Gasteiger partial charge in [-0.3, -0.25) is 15.1 Å². The molecule has 2 rings (SSSR count). The van der Waals surface area contributed by atoms with Crippen LogP contribution < -0.4 is 5.48 Å². The molecule has 4 nitrogen and oxygen atoms in total. The van der Waals surface area contributed by atoms with E-state index in [9.17, 15) is 4.79 Å². The quantitative estimate of drug-likeness (QED) is 0.780. The third kappa shape index (κ3) is 2.81. The molecule has 1 aliphatic rings. The maximum atomic E-state index is 11.6. The Balaban J connectivity index is 1.87. The second-order valence-corrected chi connectivity index (χ2v) is 4.05. The number of nitrogens with one attached hydrogen (secondary N) is 1. The van der Waals surface area contributed by atoms with E-state index in [1.807, 2.05) is 37.4 Å². The Morgan fingerprint density at radius 3 is 2.88 bits per heavy atom. The summed E-state index contributed by atoms with van der Waals surface area (Å²) in [6.07, 6.45) is 0.205. The Kier molecular flexibility index (Phi) is 3.54. The molecule has 0 aliphatic carbocycles. The van der Waals surface area contributed by atoms with Crippen LogP contribution in [0.1, 0.15) is 6.42 Å². The summed E-state index contributed by atoms with van der Waals surface area (Å²) in [6.45, 7) is 1.47. The average molecular weight is 220 g/mol. The van der Waals surface area contributed by atoms with Gasteiger partial charge in [-0.25, -0.2) is 0 Å². The highest BCUT2D eigenvalue weighted by atomic mass is 16.7. The minimum atomic E-state index is -0.362. The van der Waals surface area contributed by atoms with Crippen LogP contribution in [0.5, 0.6) is 0 Å². The smallest absolute Gasteiger partial charge is 0.166 e. The number of benzene rings is 1. The van der Waals surface area contributed by atoms with E-state index in [-0.39, 0.29) is 11.9 Å². The first-order valence-electron chi connectivity index (χ1n) is 5.43. The zero-order chi connectivity index (χ0) is 11.4. The largest absolute Gasteiger partial charge is 0.303 e. The van der Waals surface area contributed by atoms with Crippen LogP contribution in [0.2, 0.25) is 0 Å². The van der Waals surface area contributed by atoms with E-state index in [1.165, 1.54) is 0 Å². The molecule has 1 N–H and O–H groups in total. The van der Waals surface area contributed by atoms with Gasteiger partial charge in [-0.05, 0) is 19.2 Å². The molecule has 86 valence electrons. The van der Waals surface area contributed by atoms with E-state index in [0.717, 1.165) is 12.2 Å². The summed E-state index contributed by atoms with van der Waals surface area (Å²) in [6, 6.07) is 9.57. The van der Waals surface area contributed by atoms with Crippen LogP contribution in [0.3, 0.4) is 0 Å². The second-order valence-electron chi connectivity index (χ2n) is 4.05. The van der Waals surface area contributed by atoms with E-state index in [4.69, 9.17) is 4.84 Å². The zero-order valence-electron chi connectivity index (χ0n) is 9.35. The average Bonchev–Trinajstić information content (AvgIpc) is 2.32. The lowest BCUT2D eigenvalue weighted by atomic mass is 10.1. The number of nitrogens with zero attached hydrogens (tertiary/aromatic N) is 1. The number of carbonyl (C=O) groups is 1. The molecule has 0 spiro atoms. The van der Waals surface area contributed by atoms with Gasteiger partial charge < -0.3 is 4.90 Å². The molecule has 1 aromatic carbocycles. The van der Waals surface area contributed by atoms with Crippen LogP contribution >= 0.6 is 0 Å². The van der Waals surface area contributed by atoms with E-state index >= 15 is 0 Å². The van der Waals surface area contributed by atoms with Gasteiger partial charge in [0.15, 0.2) is 11.9 Å². The van der Waals surface area contributed by atoms with Crippen molar-refractivity contribution in [2.45, 2.75) is 12.5 Å². The molecule has 4 heteroatoms. The van der Waals surface area contributed by atoms with Crippen LogP contribution in [0.4, 0.5) is 5.69 Å². The number of rotatable bonds is 3. The third-order valence-corrected chi connectivity index (χ3v) is 2.67. The monoisotopic (exact) mass is 220 g/mol. The number of likely N-dealkylation sites (tertiary alicyclic amines) is 1. The van der Waals surface area contributed by atoms with Gasteiger partial charge in [0.1, 0.15) is 0 Å². The molecule has 1 atom stereocenters. The standard InChI is InChI=1S/C12H16N2O2/c1-14-8-7-11(15)12(9-14)16-13-10-5-3-2-4-6-10/h2-6,12-13H,7-9H2,1H3/t12-/m1/s1. The fourth-order valence-corrected chi connectivity index (χ4v) is 1.69. The number of hydrogen-bond acceptors (Lipinski definition) is 4. The van der Waals surface area contributed by atoms with Gasteiger partial charge in [0.25, 0.3) is 0 Å². The first kappa shape index (κ1) is 11.1. The third-order valence-electron chi connectivity index (χ3n) is 2.67. The van der Waals surface area contributed by atoms with Crippen LogP contribution in [-0.4, -0.2) is 36.9 Å². The Hall–Kier alpha value is -1.39. The first-order valence-corrected chi connectivity index (χ1v) is 5.43. The second kappa shape index (κ2) is 5.09. The number of carbonyl (C=O) groups excluding carboxylic acids is 1. The summed E-state index contributed by atoms with van der Waals surface area (Å²) in [5.74, 6) is 0.168. The first-order chi connectivity index (χ1) is 7.75. The molecule has 0 bridgehead atoms. The highest BCUT2D eigenvalue weighted by Crippen LogP contribution is 2.11. The number of hydrogen-bond donors (Lipinski definition) is 1. The summed E-state index contributed by atoms with van der Waals surface area (Å²) < 4.78 is 0. The van der Waals surface area contributed by atoms with Crippen molar-refractivity contribution >= 4 is 11.5 Å². The van der Waals surface area contributed by atoms with Gasteiger partial charge in [0, 0.05) is 19.5 Å². The van der Waals surface area contributed by atoms with Crippen LogP contribution in [0.15, 0.2) is 30.3 Å². The summed E-state index contributed by atoms with van der Waals surface area (Å²) in [5.41, 5.74) is 3.68. The molecular weight excluding hydrogens is 204 g/mol. The van der Waals surface area contributed by atoms with Gasteiger partial charge >= 0.3 is 0 Å². The number of likely N-dealkylation sites (N-methyl/N-ethyl adjacent to an activating group) is 1. The summed E-state index contributed by atoms with van der Waals surface area (Å²) in [4.78, 5) is 19.1. The van der Waals surface area contributed by atoms with Crippen molar-refractivity contribution in [2.24, 2.45) is 0 Å². The molecule has 0 saturated carbocycles. The minimum Gasteiger partial charge on any atom is -0.303 e. The molecule has 1 heterocycles. The van der Waals surface area contributed by atoms with Crippen LogP contribution in [0, 0.1) is 0 Å². The van der Waals surface area contributed by atoms with E-state index in [2.05, 4.69) is 10.4 Å². The lowest BCUT2D eigenvalue weighted by Crippen LogP contribution is -2.44. The molecule has 1 aliphatic heterocycles. The van der Waals surface area contributed by atoms with Crippen molar-refractivity contribution in [3.63, 3.8) is 0 Å². The van der Waals surface area contributed by atoms with E-state index in [1.54, 1.807) is 0 Å². The lowest BCUT2D eigenvalue weighted by Gasteiger charge is -2.28. The summed E-state index contributed by atoms with van der Waals surface area (Å²) in [7, 11) is 1.99. The summed E-state index contributed by atoms with van der Waals surface area (Å²) >= 11 is 0. The van der Waals surface area contributed by atoms with Crippen LogP contribution in [0.25, 0.3) is 0 Å². The van der Waals surface area contributed by atoms with Crippen molar-refractivity contribution in [3.05, 3.63) is 30.3 Å². The van der Waals surface area contributed by atoms with E-state index < -0.39 is 0 Å². The Bertz CT molecular complexity index is 353. The molecular formula is C12H16N2O2. The number of anilines is 1. The molecule has 0 radical (unpaired) electrons. The molecule has 0 unspecified atom stereocenters. The minimum absolute atomic E-state index is 0.168. The predicted octanol–water partition coefficient (Wildman–Crippen LogP) is 1.30. The molecule has 16 heavy (non-hydrogen) atoms. The molecule has 1 aromatic rings. The molecule has 0 aromatic heterocycles. The van der Waals surface area contributed by atoms with Crippen molar-refractivity contribution in [1.29, 1.82) is 0 Å². The maximum Gasteiger partial charge on any atom is 0.166 e. The van der Waals surface area contributed by atoms with Gasteiger partial charge in [0.05, 0.1) is 5.69 Å². The number of ketones is 1. The van der Waals surface area contributed by atoms with Crippen molar-refractivity contribution in [2.75, 3.05) is 25.6 Å². The van der Waals surface area contributed by atoms with Crippen molar-refractivity contribution in [3.8, 4) is 0 Å². The predicted molar refractivity (Wildman–Crippen MR) is 62.1 cm³/mol. The zero-order valence-corrected chi connectivity index (χ0v) is 9.35. The van der Waals surface area contributed by atoms with Gasteiger partial charge in [-0.15, -0.1) is 0 Å². The molecule has 1 saturated heterocycles. The van der Waals surface area contributed by atoms with Gasteiger partial charge in [-0.2, -0.15) is 0 Å². The van der Waals surface area contributed by atoms with Crippen molar-refractivity contribution in [1.82, 2.24) is 4.90 Å². The fraction of sp³-hybridized carbons (Fsp3) is 0.417. The SMILES string of the molecule is CN1CCC(=O)[C@H](ONc2ccccc2)C1. The van der Waals surface area contributed by atoms with Gasteiger partial charge in [0.2, 0.25) is 0 Å². The Morgan fingerprint density at radius 1 is 1.38 bits per heavy atom. The maximum absolute atomic E-state index is 11.6. The van der Waals surface area contributed by atoms with Crippen molar-refractivity contribution < 1.29 is 9.63 Å². The Morgan fingerprint density at radius 2 is 2.12 bits per heavy atom. The lowest BCUT2D eigenvalue weighted by molar-refractivity contribution is -0.133. The fourth-order valence-electron chi connectivity index (χ4n) is 1.69. The topological polar surface area (TPSA) is 41.6 Å². The number of para-hydroxylation sites is 1. The number of Topliss-reactive ketones (excluding diaryl/α,β-unsaturated/α-hetero) is 1. The highest BCUT2D eigenvalue weighted by molar-refractivity contribution is 5.84. The van der Waals surface area contributed by atoms with E-state index in [0.29, 0.717) is 13.0 Å². The normalized spacial score (nSPS) is 22.1. The highest BCUT2D eigenvalue weighted by Gasteiger charge is 2.26. The summed E-state index contributed by atoms with van der Waals surface area (Å²) in [5, 5.41) is 0. The molecule has 0 amide bonds. The molecule has 1 fully saturated rings. The van der Waals surface area contributed by atoms with Gasteiger partial charge in [-0.1, -0.05) is 18.2 Å². The number of piperidine rings is 1.